The SMILES string of the molecule is CC1CN(c2nc3c(cc2C#N)CCC3)CC(C)S1. The average Bonchev–Trinajstić information content (AvgIpc) is 2.83. The van der Waals surface area contributed by atoms with Crippen LogP contribution < -0.4 is 4.90 Å². The number of nitrogens with zero attached hydrogens (tertiary/aromatic N) is 3. The Morgan fingerprint density at radius 1 is 1.32 bits per heavy atom. The average molecular weight is 273 g/mol. The van der Waals surface area contributed by atoms with Crippen LogP contribution in [0.25, 0.3) is 0 Å². The van der Waals surface area contributed by atoms with Crippen molar-refractivity contribution in [2.45, 2.75) is 43.6 Å². The Hall–Kier alpha value is -1.21. The summed E-state index contributed by atoms with van der Waals surface area (Å²) in [6.07, 6.45) is 3.33. The van der Waals surface area contributed by atoms with Crippen molar-refractivity contribution < 1.29 is 0 Å². The van der Waals surface area contributed by atoms with E-state index in [1.165, 1.54) is 17.7 Å². The summed E-state index contributed by atoms with van der Waals surface area (Å²) in [6, 6.07) is 4.41. The summed E-state index contributed by atoms with van der Waals surface area (Å²) in [5.41, 5.74) is 3.26. The third-order valence-electron chi connectivity index (χ3n) is 3.87. The fraction of sp³-hybridized carbons (Fsp3) is 0.600. The number of thioether (sulfide) groups is 1. The first-order chi connectivity index (χ1) is 9.17. The largest absolute Gasteiger partial charge is 0.353 e. The van der Waals surface area contributed by atoms with Gasteiger partial charge in [-0.2, -0.15) is 17.0 Å². The summed E-state index contributed by atoms with van der Waals surface area (Å²) >= 11 is 2.03. The zero-order valence-corrected chi connectivity index (χ0v) is 12.3. The Balaban J connectivity index is 1.97. The second-order valence-electron chi connectivity index (χ2n) is 5.59. The fourth-order valence-corrected chi connectivity index (χ4v) is 4.46. The molecule has 2 heterocycles. The highest BCUT2D eigenvalue weighted by molar-refractivity contribution is 8.00. The highest BCUT2D eigenvalue weighted by atomic mass is 32.2. The predicted molar refractivity (Wildman–Crippen MR) is 79.7 cm³/mol. The first-order valence-electron chi connectivity index (χ1n) is 7.00. The van der Waals surface area contributed by atoms with E-state index in [4.69, 9.17) is 4.98 Å². The molecule has 0 amide bonds. The number of anilines is 1. The van der Waals surface area contributed by atoms with Gasteiger partial charge in [-0.25, -0.2) is 4.98 Å². The van der Waals surface area contributed by atoms with Crippen molar-refractivity contribution in [1.29, 1.82) is 5.26 Å². The van der Waals surface area contributed by atoms with Crippen LogP contribution in [-0.4, -0.2) is 28.6 Å². The summed E-state index contributed by atoms with van der Waals surface area (Å²) in [4.78, 5) is 7.12. The molecule has 2 unspecified atom stereocenters. The Morgan fingerprint density at radius 3 is 2.74 bits per heavy atom. The van der Waals surface area contributed by atoms with Crippen LogP contribution in [0.3, 0.4) is 0 Å². The lowest BCUT2D eigenvalue weighted by Gasteiger charge is -2.36. The van der Waals surface area contributed by atoms with Gasteiger partial charge >= 0.3 is 0 Å². The zero-order chi connectivity index (χ0) is 13.4. The van der Waals surface area contributed by atoms with Crippen molar-refractivity contribution in [3.8, 4) is 6.07 Å². The molecule has 1 fully saturated rings. The minimum Gasteiger partial charge on any atom is -0.353 e. The van der Waals surface area contributed by atoms with Gasteiger partial charge in [-0.1, -0.05) is 13.8 Å². The van der Waals surface area contributed by atoms with E-state index in [9.17, 15) is 5.26 Å². The van der Waals surface area contributed by atoms with Crippen LogP contribution in [-0.2, 0) is 12.8 Å². The number of rotatable bonds is 1. The van der Waals surface area contributed by atoms with E-state index in [0.29, 0.717) is 10.5 Å². The summed E-state index contributed by atoms with van der Waals surface area (Å²) in [7, 11) is 0. The van der Waals surface area contributed by atoms with Crippen molar-refractivity contribution in [3.63, 3.8) is 0 Å². The molecule has 2 aliphatic rings. The number of hydrogen-bond acceptors (Lipinski definition) is 4. The van der Waals surface area contributed by atoms with Crippen molar-refractivity contribution >= 4 is 17.6 Å². The van der Waals surface area contributed by atoms with Gasteiger partial charge in [0.2, 0.25) is 0 Å². The van der Waals surface area contributed by atoms with Gasteiger partial charge in [-0.3, -0.25) is 0 Å². The third kappa shape index (κ3) is 2.44. The third-order valence-corrected chi connectivity index (χ3v) is 5.10. The Morgan fingerprint density at radius 2 is 2.05 bits per heavy atom. The lowest BCUT2D eigenvalue weighted by Crippen LogP contribution is -2.41. The van der Waals surface area contributed by atoms with Crippen LogP contribution in [0.5, 0.6) is 0 Å². The van der Waals surface area contributed by atoms with Crippen LogP contribution in [0.1, 0.15) is 37.1 Å². The van der Waals surface area contributed by atoms with Crippen LogP contribution >= 0.6 is 11.8 Å². The number of hydrogen-bond donors (Lipinski definition) is 0. The lowest BCUT2D eigenvalue weighted by atomic mass is 10.1. The molecule has 2 atom stereocenters. The molecule has 0 bridgehead atoms. The quantitative estimate of drug-likeness (QED) is 0.789. The molecule has 1 aromatic heterocycles. The van der Waals surface area contributed by atoms with E-state index >= 15 is 0 Å². The molecule has 3 rings (SSSR count). The number of aromatic nitrogens is 1. The molecule has 1 saturated heterocycles. The summed E-state index contributed by atoms with van der Waals surface area (Å²) < 4.78 is 0. The van der Waals surface area contributed by atoms with E-state index in [1.807, 2.05) is 11.8 Å². The van der Waals surface area contributed by atoms with E-state index in [2.05, 4.69) is 30.9 Å². The van der Waals surface area contributed by atoms with Crippen LogP contribution in [0.15, 0.2) is 6.07 Å². The number of nitriles is 1. The van der Waals surface area contributed by atoms with Gasteiger partial charge in [0.05, 0.1) is 5.56 Å². The van der Waals surface area contributed by atoms with Crippen molar-refractivity contribution in [2.24, 2.45) is 0 Å². The van der Waals surface area contributed by atoms with Gasteiger partial charge in [0.15, 0.2) is 0 Å². The Bertz CT molecular complexity index is 525. The predicted octanol–water partition coefficient (Wildman–Crippen LogP) is 2.77. The highest BCUT2D eigenvalue weighted by Gasteiger charge is 2.26. The smallest absolute Gasteiger partial charge is 0.146 e. The molecule has 4 heteroatoms. The van der Waals surface area contributed by atoms with Gasteiger partial charge < -0.3 is 4.90 Å². The van der Waals surface area contributed by atoms with Gasteiger partial charge in [0, 0.05) is 29.3 Å². The minimum absolute atomic E-state index is 0.602. The molecule has 0 saturated carbocycles. The maximum absolute atomic E-state index is 9.39. The van der Waals surface area contributed by atoms with Crippen LogP contribution in [0.2, 0.25) is 0 Å². The summed E-state index contributed by atoms with van der Waals surface area (Å²) in [5, 5.41) is 10.6. The Labute approximate surface area is 119 Å². The van der Waals surface area contributed by atoms with Crippen molar-refractivity contribution in [1.82, 2.24) is 4.98 Å². The molecule has 0 aromatic carbocycles. The van der Waals surface area contributed by atoms with Crippen LogP contribution in [0, 0.1) is 11.3 Å². The van der Waals surface area contributed by atoms with Gasteiger partial charge in [0.1, 0.15) is 11.9 Å². The molecule has 0 spiro atoms. The summed E-state index contributed by atoms with van der Waals surface area (Å²) in [5.74, 6) is 0.919. The number of aryl methyl sites for hydroxylation is 2. The molecule has 3 nitrogen and oxygen atoms in total. The number of fused-ring (bicyclic) bond motifs is 1. The summed E-state index contributed by atoms with van der Waals surface area (Å²) in [6.45, 7) is 6.50. The maximum Gasteiger partial charge on any atom is 0.146 e. The van der Waals surface area contributed by atoms with E-state index in [0.717, 1.165) is 37.3 Å². The molecule has 0 radical (unpaired) electrons. The standard InChI is InChI=1S/C15H19N3S/c1-10-8-18(9-11(2)19-10)15-13(7-16)6-12-4-3-5-14(12)17-15/h6,10-11H,3-5,8-9H2,1-2H3. The molecule has 1 aliphatic carbocycles. The molecule has 1 aliphatic heterocycles. The van der Waals surface area contributed by atoms with Gasteiger partial charge in [-0.05, 0) is 30.9 Å². The number of pyridine rings is 1. The van der Waals surface area contributed by atoms with E-state index < -0.39 is 0 Å². The lowest BCUT2D eigenvalue weighted by molar-refractivity contribution is 0.715. The first kappa shape index (κ1) is 12.8. The topological polar surface area (TPSA) is 39.9 Å². The van der Waals surface area contributed by atoms with E-state index in [-0.39, 0.29) is 0 Å². The van der Waals surface area contributed by atoms with Gasteiger partial charge in [-0.15, -0.1) is 0 Å². The molecule has 1 aromatic rings. The molecular weight excluding hydrogens is 254 g/mol. The monoisotopic (exact) mass is 273 g/mol. The molecule has 100 valence electrons. The maximum atomic E-state index is 9.39. The second kappa shape index (κ2) is 5.05. The Kier molecular flexibility index (Phi) is 3.40. The van der Waals surface area contributed by atoms with Crippen LogP contribution in [0.4, 0.5) is 5.82 Å². The fourth-order valence-electron chi connectivity index (χ4n) is 3.14. The van der Waals surface area contributed by atoms with Gasteiger partial charge in [0.25, 0.3) is 0 Å². The first-order valence-corrected chi connectivity index (χ1v) is 7.95. The molecule has 19 heavy (non-hydrogen) atoms. The molecular formula is C15H19N3S. The zero-order valence-electron chi connectivity index (χ0n) is 11.5. The van der Waals surface area contributed by atoms with Crippen molar-refractivity contribution in [3.05, 3.63) is 22.9 Å². The highest BCUT2D eigenvalue weighted by Crippen LogP contribution is 2.32. The normalized spacial score (nSPS) is 26.1. The second-order valence-corrected chi connectivity index (χ2v) is 7.47. The molecule has 0 N–H and O–H groups in total. The van der Waals surface area contributed by atoms with Crippen molar-refractivity contribution in [2.75, 3.05) is 18.0 Å². The van der Waals surface area contributed by atoms with E-state index in [1.54, 1.807) is 0 Å². The minimum atomic E-state index is 0.602.